The fraction of sp³-hybridized carbons (Fsp3) is 0.750. The van der Waals surface area contributed by atoms with E-state index in [9.17, 15) is 4.79 Å². The van der Waals surface area contributed by atoms with Gasteiger partial charge in [-0.05, 0) is 26.2 Å². The minimum Gasteiger partial charge on any atom is -0.353 e. The van der Waals surface area contributed by atoms with Crippen LogP contribution < -0.4 is 5.32 Å². The van der Waals surface area contributed by atoms with Gasteiger partial charge in [0.2, 0.25) is 0 Å². The molecule has 1 N–H and O–H groups in total. The summed E-state index contributed by atoms with van der Waals surface area (Å²) in [7, 11) is 0. The lowest BCUT2D eigenvalue weighted by molar-refractivity contribution is -0.163. The fourth-order valence-corrected chi connectivity index (χ4v) is 3.03. The van der Waals surface area contributed by atoms with Crippen LogP contribution in [0.2, 0.25) is 0 Å². The van der Waals surface area contributed by atoms with Crippen molar-refractivity contribution in [2.45, 2.75) is 39.0 Å². The van der Waals surface area contributed by atoms with E-state index in [2.05, 4.69) is 10.4 Å². The Morgan fingerprint density at radius 2 is 2.21 bits per heavy atom. The van der Waals surface area contributed by atoms with Crippen molar-refractivity contribution in [3.8, 4) is 0 Å². The molecule has 1 aromatic rings. The van der Waals surface area contributed by atoms with Crippen molar-refractivity contribution in [2.24, 2.45) is 0 Å². The van der Waals surface area contributed by atoms with Crippen molar-refractivity contribution in [3.63, 3.8) is 0 Å². The Hall–Kier alpha value is -1.15. The lowest BCUT2D eigenvalue weighted by Gasteiger charge is -2.27. The van der Waals surface area contributed by atoms with Crippen LogP contribution in [0.15, 0.2) is 6.20 Å². The smallest absolute Gasteiger partial charge is 0.257 e. The molecule has 136 valence electrons. The first-order valence-electron chi connectivity index (χ1n) is 8.51. The maximum absolute atomic E-state index is 12.5. The van der Waals surface area contributed by atoms with E-state index >= 15 is 0 Å². The first-order valence-corrected chi connectivity index (χ1v) is 8.51. The molecule has 2 aliphatic rings. The standard InChI is InChI=1S/C16H26N4O3.ClH/c1-13-14(16(21)19-7-5-17-6-8-19)12-18-20(13)9-11-23-15-4-2-3-10-22-15;/h12,15,17H,2-11H2,1H3;1H. The Bertz CT molecular complexity index is 525. The largest absolute Gasteiger partial charge is 0.353 e. The topological polar surface area (TPSA) is 68.6 Å². The zero-order chi connectivity index (χ0) is 16.1. The molecule has 2 fully saturated rings. The number of hydrogen-bond acceptors (Lipinski definition) is 5. The van der Waals surface area contributed by atoms with Crippen LogP contribution in [0.4, 0.5) is 0 Å². The summed E-state index contributed by atoms with van der Waals surface area (Å²) in [4.78, 5) is 14.4. The summed E-state index contributed by atoms with van der Waals surface area (Å²) < 4.78 is 13.1. The van der Waals surface area contributed by atoms with Crippen molar-refractivity contribution in [2.75, 3.05) is 39.4 Å². The number of amides is 1. The zero-order valence-corrected chi connectivity index (χ0v) is 15.0. The highest BCUT2D eigenvalue weighted by Gasteiger charge is 2.22. The summed E-state index contributed by atoms with van der Waals surface area (Å²) in [5.41, 5.74) is 1.60. The second kappa shape index (κ2) is 9.36. The molecule has 7 nitrogen and oxygen atoms in total. The molecule has 8 heteroatoms. The van der Waals surface area contributed by atoms with Crippen molar-refractivity contribution in [1.29, 1.82) is 0 Å². The average molecular weight is 359 g/mol. The van der Waals surface area contributed by atoms with Crippen LogP contribution in [0.1, 0.15) is 35.3 Å². The SMILES string of the molecule is Cc1c(C(=O)N2CCNCC2)cnn1CCOC1CCCCO1.Cl. The number of carbonyl (C=O) groups is 1. The minimum atomic E-state index is -0.0819. The van der Waals surface area contributed by atoms with E-state index in [1.165, 1.54) is 0 Å². The van der Waals surface area contributed by atoms with Crippen LogP contribution >= 0.6 is 12.4 Å². The van der Waals surface area contributed by atoms with Gasteiger partial charge in [-0.3, -0.25) is 9.48 Å². The molecule has 1 unspecified atom stereocenters. The van der Waals surface area contributed by atoms with Gasteiger partial charge in [-0.25, -0.2) is 0 Å². The monoisotopic (exact) mass is 358 g/mol. The van der Waals surface area contributed by atoms with Crippen LogP contribution in [0, 0.1) is 6.92 Å². The fourth-order valence-electron chi connectivity index (χ4n) is 3.03. The Morgan fingerprint density at radius 1 is 1.42 bits per heavy atom. The number of nitrogens with one attached hydrogen (secondary N) is 1. The van der Waals surface area contributed by atoms with Crippen molar-refractivity contribution < 1.29 is 14.3 Å². The Morgan fingerprint density at radius 3 is 2.92 bits per heavy atom. The second-order valence-electron chi connectivity index (χ2n) is 6.08. The van der Waals surface area contributed by atoms with E-state index in [4.69, 9.17) is 9.47 Å². The van der Waals surface area contributed by atoms with Gasteiger partial charge in [-0.2, -0.15) is 5.10 Å². The molecule has 0 radical (unpaired) electrons. The zero-order valence-electron chi connectivity index (χ0n) is 14.2. The molecular formula is C16H27ClN4O3. The summed E-state index contributed by atoms with van der Waals surface area (Å²) in [5, 5.41) is 7.60. The quantitative estimate of drug-likeness (QED) is 0.856. The van der Waals surface area contributed by atoms with E-state index in [-0.39, 0.29) is 24.6 Å². The molecule has 1 aromatic heterocycles. The lowest BCUT2D eigenvalue weighted by Crippen LogP contribution is -2.46. The Labute approximate surface area is 149 Å². The molecule has 1 amide bonds. The molecule has 0 saturated carbocycles. The van der Waals surface area contributed by atoms with Crippen LogP contribution in [-0.2, 0) is 16.0 Å². The number of piperazine rings is 1. The Balaban J connectivity index is 0.00000208. The van der Waals surface area contributed by atoms with Gasteiger partial charge in [0.05, 0.1) is 24.9 Å². The summed E-state index contributed by atoms with van der Waals surface area (Å²) in [6, 6.07) is 0. The molecule has 0 bridgehead atoms. The van der Waals surface area contributed by atoms with Gasteiger partial charge >= 0.3 is 0 Å². The molecule has 24 heavy (non-hydrogen) atoms. The molecule has 2 saturated heterocycles. The third kappa shape index (κ3) is 4.69. The molecule has 0 aliphatic carbocycles. The van der Waals surface area contributed by atoms with Crippen LogP contribution in [-0.4, -0.2) is 66.3 Å². The van der Waals surface area contributed by atoms with Crippen LogP contribution in [0.5, 0.6) is 0 Å². The number of nitrogens with zero attached hydrogens (tertiary/aromatic N) is 3. The number of halogens is 1. The predicted molar refractivity (Wildman–Crippen MR) is 92.5 cm³/mol. The van der Waals surface area contributed by atoms with Gasteiger partial charge in [0.1, 0.15) is 0 Å². The maximum atomic E-state index is 12.5. The van der Waals surface area contributed by atoms with Gasteiger partial charge < -0.3 is 19.7 Å². The maximum Gasteiger partial charge on any atom is 0.257 e. The number of hydrogen-bond donors (Lipinski definition) is 1. The molecule has 3 rings (SSSR count). The molecule has 0 aromatic carbocycles. The number of carbonyl (C=O) groups excluding carboxylic acids is 1. The van der Waals surface area contributed by atoms with E-state index < -0.39 is 0 Å². The van der Waals surface area contributed by atoms with E-state index in [1.54, 1.807) is 6.20 Å². The second-order valence-corrected chi connectivity index (χ2v) is 6.08. The van der Waals surface area contributed by atoms with Gasteiger partial charge in [0.25, 0.3) is 5.91 Å². The summed E-state index contributed by atoms with van der Waals surface area (Å²) in [5.74, 6) is 0.0757. The summed E-state index contributed by atoms with van der Waals surface area (Å²) in [6.07, 6.45) is 4.84. The number of aromatic nitrogens is 2. The lowest BCUT2D eigenvalue weighted by atomic mass is 10.2. The Kier molecular flexibility index (Phi) is 7.48. The molecular weight excluding hydrogens is 332 g/mol. The highest BCUT2D eigenvalue weighted by molar-refractivity contribution is 5.95. The molecule has 3 heterocycles. The summed E-state index contributed by atoms with van der Waals surface area (Å²) >= 11 is 0. The average Bonchev–Trinajstić information content (AvgIpc) is 2.97. The molecule has 2 aliphatic heterocycles. The van der Waals surface area contributed by atoms with Gasteiger partial charge in [0.15, 0.2) is 6.29 Å². The van der Waals surface area contributed by atoms with Crippen molar-refractivity contribution >= 4 is 18.3 Å². The first kappa shape index (κ1) is 19.2. The van der Waals surface area contributed by atoms with E-state index in [0.29, 0.717) is 18.7 Å². The van der Waals surface area contributed by atoms with Gasteiger partial charge in [0, 0.05) is 38.5 Å². The number of rotatable bonds is 5. The molecule has 1 atom stereocenters. The van der Waals surface area contributed by atoms with Gasteiger partial charge in [-0.1, -0.05) is 0 Å². The van der Waals surface area contributed by atoms with Crippen molar-refractivity contribution in [1.82, 2.24) is 20.0 Å². The molecule has 0 spiro atoms. The highest BCUT2D eigenvalue weighted by Crippen LogP contribution is 2.15. The van der Waals surface area contributed by atoms with E-state index in [0.717, 1.165) is 57.7 Å². The summed E-state index contributed by atoms with van der Waals surface area (Å²) in [6.45, 7) is 7.14. The van der Waals surface area contributed by atoms with Crippen molar-refractivity contribution in [3.05, 3.63) is 17.5 Å². The van der Waals surface area contributed by atoms with E-state index in [1.807, 2.05) is 16.5 Å². The van der Waals surface area contributed by atoms with Crippen LogP contribution in [0.25, 0.3) is 0 Å². The van der Waals surface area contributed by atoms with Crippen LogP contribution in [0.3, 0.4) is 0 Å². The predicted octanol–water partition coefficient (Wildman–Crippen LogP) is 1.20. The number of ether oxygens (including phenoxy) is 2. The highest BCUT2D eigenvalue weighted by atomic mass is 35.5. The third-order valence-electron chi connectivity index (χ3n) is 4.48. The minimum absolute atomic E-state index is 0. The van der Waals surface area contributed by atoms with Gasteiger partial charge in [-0.15, -0.1) is 12.4 Å². The first-order chi connectivity index (χ1) is 11.3. The third-order valence-corrected chi connectivity index (χ3v) is 4.48. The normalized spacial score (nSPS) is 21.4.